The van der Waals surface area contributed by atoms with Gasteiger partial charge in [-0.05, 0) is 42.9 Å². The van der Waals surface area contributed by atoms with Crippen molar-refractivity contribution >= 4 is 0 Å². The number of nitrogens with one attached hydrogen (secondary N) is 1. The van der Waals surface area contributed by atoms with Crippen molar-refractivity contribution in [2.75, 3.05) is 13.7 Å². The Morgan fingerprint density at radius 3 is 1.90 bits per heavy atom. The molecule has 0 amide bonds. The molecule has 2 heteroatoms. The van der Waals surface area contributed by atoms with Gasteiger partial charge in [0.25, 0.3) is 0 Å². The molecule has 0 aliphatic carbocycles. The average Bonchev–Trinajstić information content (AvgIpc) is 2.80. The second-order valence-electron chi connectivity index (χ2n) is 7.83. The molecule has 30 heavy (non-hydrogen) atoms. The van der Waals surface area contributed by atoms with Crippen molar-refractivity contribution in [3.8, 4) is 0 Å². The van der Waals surface area contributed by atoms with Crippen LogP contribution in [0.5, 0.6) is 0 Å². The highest BCUT2D eigenvalue weighted by Gasteiger charge is 2.19. The third kappa shape index (κ3) is 6.98. The molecule has 3 aromatic carbocycles. The third-order valence-electron chi connectivity index (χ3n) is 5.43. The molecule has 3 aromatic rings. The molecule has 156 valence electrons. The largest absolute Gasteiger partial charge is 0.383 e. The SMILES string of the molecule is COC[C@@H](N[C@@H](C/C(C)=C\CCc1ccccc1)c1ccccc1)c1ccccc1. The number of allylic oxidation sites excluding steroid dienone is 1. The van der Waals surface area contributed by atoms with E-state index in [0.29, 0.717) is 6.61 Å². The summed E-state index contributed by atoms with van der Waals surface area (Å²) < 4.78 is 5.54. The van der Waals surface area contributed by atoms with E-state index in [9.17, 15) is 0 Å². The average molecular weight is 400 g/mol. The molecule has 0 radical (unpaired) electrons. The predicted octanol–water partition coefficient (Wildman–Crippen LogP) is 6.67. The van der Waals surface area contributed by atoms with Crippen molar-refractivity contribution in [3.63, 3.8) is 0 Å². The fourth-order valence-corrected chi connectivity index (χ4v) is 3.83. The maximum atomic E-state index is 5.54. The molecule has 2 nitrogen and oxygen atoms in total. The van der Waals surface area contributed by atoms with E-state index in [1.54, 1.807) is 7.11 Å². The van der Waals surface area contributed by atoms with Gasteiger partial charge in [-0.1, -0.05) is 103 Å². The second kappa shape index (κ2) is 12.1. The first kappa shape index (κ1) is 22.0. The van der Waals surface area contributed by atoms with E-state index < -0.39 is 0 Å². The molecular formula is C28H33NO. The summed E-state index contributed by atoms with van der Waals surface area (Å²) in [5.74, 6) is 0. The van der Waals surface area contributed by atoms with Crippen LogP contribution in [0, 0.1) is 0 Å². The lowest BCUT2D eigenvalue weighted by Gasteiger charge is -2.27. The van der Waals surface area contributed by atoms with Crippen LogP contribution < -0.4 is 5.32 Å². The zero-order valence-corrected chi connectivity index (χ0v) is 18.1. The molecule has 0 bridgehead atoms. The molecule has 0 aliphatic heterocycles. The van der Waals surface area contributed by atoms with Crippen molar-refractivity contribution in [1.29, 1.82) is 0 Å². The Balaban J connectivity index is 1.71. The summed E-state index contributed by atoms with van der Waals surface area (Å²) in [6.07, 6.45) is 5.51. The molecule has 0 heterocycles. The normalized spacial score (nSPS) is 13.7. The number of benzene rings is 3. The number of methoxy groups -OCH3 is 1. The molecule has 0 spiro atoms. The van der Waals surface area contributed by atoms with Crippen LogP contribution in [0.1, 0.15) is 48.5 Å². The van der Waals surface area contributed by atoms with Gasteiger partial charge in [-0.3, -0.25) is 0 Å². The molecule has 0 aromatic heterocycles. The fraction of sp³-hybridized carbons (Fsp3) is 0.286. The highest BCUT2D eigenvalue weighted by Crippen LogP contribution is 2.26. The van der Waals surface area contributed by atoms with Gasteiger partial charge in [-0.15, -0.1) is 0 Å². The molecule has 3 rings (SSSR count). The van der Waals surface area contributed by atoms with Crippen LogP contribution in [0.3, 0.4) is 0 Å². The molecule has 0 unspecified atom stereocenters. The topological polar surface area (TPSA) is 21.3 Å². The maximum Gasteiger partial charge on any atom is 0.0657 e. The van der Waals surface area contributed by atoms with E-state index in [4.69, 9.17) is 4.74 Å². The highest BCUT2D eigenvalue weighted by atomic mass is 16.5. The van der Waals surface area contributed by atoms with Gasteiger partial charge in [-0.2, -0.15) is 0 Å². The molecule has 1 N–H and O–H groups in total. The van der Waals surface area contributed by atoms with Crippen molar-refractivity contribution in [2.45, 2.75) is 38.3 Å². The summed E-state index contributed by atoms with van der Waals surface area (Å²) in [7, 11) is 1.77. The number of hydrogen-bond donors (Lipinski definition) is 1. The van der Waals surface area contributed by atoms with Crippen LogP contribution in [0.15, 0.2) is 103 Å². The molecule has 2 atom stereocenters. The van der Waals surface area contributed by atoms with E-state index in [-0.39, 0.29) is 12.1 Å². The predicted molar refractivity (Wildman–Crippen MR) is 127 cm³/mol. The summed E-state index contributed by atoms with van der Waals surface area (Å²) in [6, 6.07) is 32.4. The quantitative estimate of drug-likeness (QED) is 0.363. The zero-order valence-electron chi connectivity index (χ0n) is 18.1. The Bertz CT molecular complexity index is 874. The Hall–Kier alpha value is -2.68. The lowest BCUT2D eigenvalue weighted by atomic mass is 9.96. The van der Waals surface area contributed by atoms with Gasteiger partial charge in [0.05, 0.1) is 12.6 Å². The third-order valence-corrected chi connectivity index (χ3v) is 5.43. The number of hydrogen-bond acceptors (Lipinski definition) is 2. The summed E-state index contributed by atoms with van der Waals surface area (Å²) in [6.45, 7) is 2.89. The minimum absolute atomic E-state index is 0.151. The zero-order chi connectivity index (χ0) is 21.0. The van der Waals surface area contributed by atoms with Crippen molar-refractivity contribution in [1.82, 2.24) is 5.32 Å². The summed E-state index contributed by atoms with van der Waals surface area (Å²) in [5, 5.41) is 3.86. The van der Waals surface area contributed by atoms with Gasteiger partial charge in [-0.25, -0.2) is 0 Å². The first-order chi connectivity index (χ1) is 14.8. The summed E-state index contributed by atoms with van der Waals surface area (Å²) >= 11 is 0. The van der Waals surface area contributed by atoms with Crippen LogP contribution >= 0.6 is 0 Å². The first-order valence-electron chi connectivity index (χ1n) is 10.8. The Morgan fingerprint density at radius 1 is 0.800 bits per heavy atom. The van der Waals surface area contributed by atoms with E-state index in [1.165, 1.54) is 22.3 Å². The smallest absolute Gasteiger partial charge is 0.0657 e. The van der Waals surface area contributed by atoms with Crippen LogP contribution in [0.2, 0.25) is 0 Å². The summed E-state index contributed by atoms with van der Waals surface area (Å²) in [4.78, 5) is 0. The van der Waals surface area contributed by atoms with Gasteiger partial charge in [0.2, 0.25) is 0 Å². The molecule has 0 aliphatic rings. The molecule has 0 fully saturated rings. The number of ether oxygens (including phenoxy) is 1. The van der Waals surface area contributed by atoms with Crippen LogP contribution in [-0.2, 0) is 11.2 Å². The number of rotatable bonds is 11. The van der Waals surface area contributed by atoms with Crippen molar-refractivity contribution in [3.05, 3.63) is 119 Å². The summed E-state index contributed by atoms with van der Waals surface area (Å²) in [5.41, 5.74) is 5.37. The van der Waals surface area contributed by atoms with Gasteiger partial charge in [0.15, 0.2) is 0 Å². The van der Waals surface area contributed by atoms with Crippen molar-refractivity contribution in [2.24, 2.45) is 0 Å². The van der Waals surface area contributed by atoms with E-state index >= 15 is 0 Å². The first-order valence-corrected chi connectivity index (χ1v) is 10.8. The van der Waals surface area contributed by atoms with Gasteiger partial charge in [0.1, 0.15) is 0 Å². The standard InChI is InChI=1S/C28H33NO/c1-23(13-12-16-24-14-6-3-7-15-24)21-27(25-17-8-4-9-18-25)29-28(22-30-2)26-19-10-5-11-20-26/h3-11,13-15,17-20,27-29H,12,16,21-22H2,1-2H3/b23-13-/t27-,28+/m0/s1. The fourth-order valence-electron chi connectivity index (χ4n) is 3.83. The minimum Gasteiger partial charge on any atom is -0.383 e. The van der Waals surface area contributed by atoms with E-state index in [2.05, 4.69) is 109 Å². The van der Waals surface area contributed by atoms with E-state index in [1.807, 2.05) is 0 Å². The van der Waals surface area contributed by atoms with Crippen LogP contribution in [0.4, 0.5) is 0 Å². The number of aryl methyl sites for hydroxylation is 1. The van der Waals surface area contributed by atoms with Gasteiger partial charge >= 0.3 is 0 Å². The Labute approximate surface area is 181 Å². The minimum atomic E-state index is 0.151. The van der Waals surface area contributed by atoms with Crippen molar-refractivity contribution < 1.29 is 4.74 Å². The lowest BCUT2D eigenvalue weighted by Crippen LogP contribution is -2.29. The molecule has 0 saturated heterocycles. The van der Waals surface area contributed by atoms with Crippen LogP contribution in [-0.4, -0.2) is 13.7 Å². The molecular weight excluding hydrogens is 366 g/mol. The van der Waals surface area contributed by atoms with Crippen LogP contribution in [0.25, 0.3) is 0 Å². The highest BCUT2D eigenvalue weighted by molar-refractivity contribution is 5.24. The van der Waals surface area contributed by atoms with Gasteiger partial charge in [0, 0.05) is 13.2 Å². The monoisotopic (exact) mass is 399 g/mol. The lowest BCUT2D eigenvalue weighted by molar-refractivity contribution is 0.160. The Kier molecular flexibility index (Phi) is 8.89. The maximum absolute atomic E-state index is 5.54. The molecule has 0 saturated carbocycles. The van der Waals surface area contributed by atoms with Gasteiger partial charge < -0.3 is 10.1 Å². The van der Waals surface area contributed by atoms with E-state index in [0.717, 1.165) is 19.3 Å². The second-order valence-corrected chi connectivity index (χ2v) is 7.83. The Morgan fingerprint density at radius 2 is 1.33 bits per heavy atom.